The molecule has 1 atom stereocenters. The van der Waals surface area contributed by atoms with E-state index >= 15 is 4.39 Å². The van der Waals surface area contributed by atoms with Crippen LogP contribution in [0.5, 0.6) is 0 Å². The van der Waals surface area contributed by atoms with Crippen molar-refractivity contribution in [1.82, 2.24) is 19.1 Å². The summed E-state index contributed by atoms with van der Waals surface area (Å²) in [5.74, 6) is 1.11. The Morgan fingerprint density at radius 3 is 2.34 bits per heavy atom. The van der Waals surface area contributed by atoms with E-state index < -0.39 is 6.34 Å². The summed E-state index contributed by atoms with van der Waals surface area (Å²) in [6, 6.07) is 17.2. The minimum Gasteiger partial charge on any atom is -0.310 e. The number of aliphatic imine (C=N–C) groups is 1. The number of amidine groups is 1. The molecule has 1 aliphatic carbocycles. The third-order valence-corrected chi connectivity index (χ3v) is 11.4. The first kappa shape index (κ1) is 21.5. The van der Waals surface area contributed by atoms with Crippen LogP contribution in [0.15, 0.2) is 59.6 Å². The van der Waals surface area contributed by atoms with Gasteiger partial charge in [0, 0.05) is 19.1 Å². The molecule has 32 heavy (non-hydrogen) atoms. The number of aryl methyl sites for hydroxylation is 1. The summed E-state index contributed by atoms with van der Waals surface area (Å²) in [6.45, 7) is 7.95. The van der Waals surface area contributed by atoms with Crippen LogP contribution in [0.2, 0.25) is 0 Å². The molecular formula is C24H27FN5PS. The zero-order valence-electron chi connectivity index (χ0n) is 18.6. The zero-order chi connectivity index (χ0) is 22.5. The fourth-order valence-corrected chi connectivity index (χ4v) is 9.97. The number of nitrogens with zero attached hydrogens (tertiary/aromatic N) is 5. The van der Waals surface area contributed by atoms with Crippen molar-refractivity contribution in [2.45, 2.75) is 39.7 Å². The molecule has 1 aliphatic heterocycles. The van der Waals surface area contributed by atoms with Gasteiger partial charge in [-0.05, 0) is 44.0 Å². The summed E-state index contributed by atoms with van der Waals surface area (Å²) in [5.41, 5.74) is 2.33. The second-order valence-corrected chi connectivity index (χ2v) is 12.2. The second kappa shape index (κ2) is 8.22. The lowest BCUT2D eigenvalue weighted by molar-refractivity contribution is 0.470. The summed E-state index contributed by atoms with van der Waals surface area (Å²) in [5, 5.41) is 5.93. The first-order valence-corrected chi connectivity index (χ1v) is 13.9. The van der Waals surface area contributed by atoms with Crippen LogP contribution >= 0.6 is 6.34 Å². The van der Waals surface area contributed by atoms with Crippen molar-refractivity contribution in [2.24, 2.45) is 4.99 Å². The van der Waals surface area contributed by atoms with E-state index in [-0.39, 0.29) is 11.9 Å². The number of aromatic nitrogens is 2. The Morgan fingerprint density at radius 2 is 1.72 bits per heavy atom. The number of para-hydroxylation sites is 1. The van der Waals surface area contributed by atoms with Gasteiger partial charge < -0.3 is 4.67 Å². The number of hydrogen-bond donors (Lipinski definition) is 0. The highest BCUT2D eigenvalue weighted by Crippen LogP contribution is 2.61. The van der Waals surface area contributed by atoms with Gasteiger partial charge in [0.25, 0.3) is 0 Å². The van der Waals surface area contributed by atoms with Crippen molar-refractivity contribution in [3.8, 4) is 5.69 Å². The molecule has 1 fully saturated rings. The normalized spacial score (nSPS) is 20.4. The van der Waals surface area contributed by atoms with Crippen LogP contribution in [0.1, 0.15) is 37.9 Å². The smallest absolute Gasteiger partial charge is 0.169 e. The van der Waals surface area contributed by atoms with Gasteiger partial charge in [-0.25, -0.2) is 14.1 Å². The van der Waals surface area contributed by atoms with Crippen LogP contribution in [0.25, 0.3) is 5.69 Å². The van der Waals surface area contributed by atoms with Gasteiger partial charge >= 0.3 is 0 Å². The average molecular weight is 468 g/mol. The molecule has 0 saturated heterocycles. The minimum atomic E-state index is -2.48. The molecule has 0 spiro atoms. The lowest BCUT2D eigenvalue weighted by atomic mass is 10.2. The van der Waals surface area contributed by atoms with E-state index in [9.17, 15) is 0 Å². The maximum Gasteiger partial charge on any atom is 0.169 e. The van der Waals surface area contributed by atoms with Crippen molar-refractivity contribution in [2.75, 3.05) is 13.1 Å². The Hall–Kier alpha value is -2.34. The second-order valence-electron chi connectivity index (χ2n) is 8.18. The predicted octanol–water partition coefficient (Wildman–Crippen LogP) is 5.15. The lowest BCUT2D eigenvalue weighted by Gasteiger charge is -2.46. The van der Waals surface area contributed by atoms with Gasteiger partial charge in [0.15, 0.2) is 5.82 Å². The monoisotopic (exact) mass is 467 g/mol. The van der Waals surface area contributed by atoms with Gasteiger partial charge in [0.2, 0.25) is 0 Å². The molecule has 8 heteroatoms. The zero-order valence-corrected chi connectivity index (χ0v) is 20.3. The number of benzene rings is 2. The van der Waals surface area contributed by atoms with E-state index in [4.69, 9.17) is 21.9 Å². The van der Waals surface area contributed by atoms with Crippen LogP contribution in [0.4, 0.5) is 10.2 Å². The van der Waals surface area contributed by atoms with E-state index in [0.717, 1.165) is 48.4 Å². The Labute approximate surface area is 193 Å². The van der Waals surface area contributed by atoms with Gasteiger partial charge in [-0.3, -0.25) is 4.67 Å². The average Bonchev–Trinajstić information content (AvgIpc) is 3.57. The van der Waals surface area contributed by atoms with E-state index in [0.29, 0.717) is 11.4 Å². The highest BCUT2D eigenvalue weighted by molar-refractivity contribution is 8.16. The van der Waals surface area contributed by atoms with Crippen molar-refractivity contribution >= 4 is 35.1 Å². The number of halogens is 1. The van der Waals surface area contributed by atoms with Crippen LogP contribution in [0.3, 0.4) is 0 Å². The Balaban J connectivity index is 1.85. The molecule has 2 heterocycles. The third-order valence-electron chi connectivity index (χ3n) is 6.14. The highest BCUT2D eigenvalue weighted by atomic mass is 32.4. The molecule has 0 radical (unpaired) electrons. The number of rotatable bonds is 6. The molecule has 5 nitrogen and oxygen atoms in total. The number of fused-ring (bicyclic) bond motifs is 1. The molecule has 1 unspecified atom stereocenters. The van der Waals surface area contributed by atoms with Crippen molar-refractivity contribution in [1.29, 1.82) is 0 Å². The van der Waals surface area contributed by atoms with Crippen LogP contribution in [-0.2, 0) is 11.8 Å². The largest absolute Gasteiger partial charge is 0.310 e. The first-order valence-electron chi connectivity index (χ1n) is 11.1. The molecule has 1 saturated carbocycles. The quantitative estimate of drug-likeness (QED) is 0.470. The van der Waals surface area contributed by atoms with Crippen LogP contribution in [-0.4, -0.2) is 44.1 Å². The minimum absolute atomic E-state index is 0.274. The fourth-order valence-electron chi connectivity index (χ4n) is 4.51. The summed E-state index contributed by atoms with van der Waals surface area (Å²) >= 11 is 6.64. The van der Waals surface area contributed by atoms with Crippen LogP contribution < -0.4 is 5.30 Å². The van der Waals surface area contributed by atoms with Crippen LogP contribution in [0, 0.1) is 12.7 Å². The van der Waals surface area contributed by atoms with Crippen molar-refractivity contribution in [3.05, 3.63) is 71.7 Å². The summed E-state index contributed by atoms with van der Waals surface area (Å²) in [4.78, 5) is 5.10. The molecule has 3 aromatic rings. The first-order chi connectivity index (χ1) is 15.5. The molecular weight excluding hydrogens is 440 g/mol. The van der Waals surface area contributed by atoms with Gasteiger partial charge in [-0.2, -0.15) is 5.10 Å². The molecule has 0 amide bonds. The summed E-state index contributed by atoms with van der Waals surface area (Å²) in [6.07, 6.45) is -0.377. The molecule has 2 aromatic carbocycles. The molecule has 2 aliphatic rings. The number of hydrogen-bond acceptors (Lipinski definition) is 3. The Bertz CT molecular complexity index is 1230. The van der Waals surface area contributed by atoms with Crippen molar-refractivity contribution < 1.29 is 4.39 Å². The Morgan fingerprint density at radius 1 is 1.06 bits per heavy atom. The van der Waals surface area contributed by atoms with E-state index in [1.54, 1.807) is 6.07 Å². The molecule has 0 bridgehead atoms. The standard InChI is InChI=1S/C24H27FN5PS/c1-4-28(5-2)31(32)22-17(3)27-29(18-11-7-6-8-12-18)24(22)26-23(30(31)19-15-16-19)20-13-9-10-14-21(20)25/h6-14,19H,4-5,15-16H2,1-3H3. The maximum atomic E-state index is 15.1. The summed E-state index contributed by atoms with van der Waals surface area (Å²) < 4.78 is 21.6. The molecule has 0 N–H and O–H groups in total. The van der Waals surface area contributed by atoms with E-state index in [2.05, 4.69) is 23.2 Å². The maximum absolute atomic E-state index is 15.1. The Kier molecular flexibility index (Phi) is 5.52. The molecule has 5 rings (SSSR count). The van der Waals surface area contributed by atoms with Gasteiger partial charge in [0.05, 0.1) is 22.2 Å². The van der Waals surface area contributed by atoms with E-state index in [1.165, 1.54) is 6.07 Å². The highest BCUT2D eigenvalue weighted by Gasteiger charge is 2.49. The third kappa shape index (κ3) is 3.26. The SMILES string of the molecule is CCN(CC)P1(=S)c2c(C)nn(-c3ccccc3)c2N=C(c2ccccc2F)N1C1CC1. The fraction of sp³-hybridized carbons (Fsp3) is 0.333. The molecule has 166 valence electrons. The van der Waals surface area contributed by atoms with Gasteiger partial charge in [0.1, 0.15) is 18.0 Å². The lowest BCUT2D eigenvalue weighted by Crippen LogP contribution is -2.44. The predicted molar refractivity (Wildman–Crippen MR) is 133 cm³/mol. The topological polar surface area (TPSA) is 36.7 Å². The van der Waals surface area contributed by atoms with Gasteiger partial charge in [-0.15, -0.1) is 0 Å². The van der Waals surface area contributed by atoms with Gasteiger partial charge in [-0.1, -0.05) is 56.0 Å². The molecule has 1 aromatic heterocycles. The summed E-state index contributed by atoms with van der Waals surface area (Å²) in [7, 11) is 0. The van der Waals surface area contributed by atoms with Crippen molar-refractivity contribution in [3.63, 3.8) is 0 Å². The van der Waals surface area contributed by atoms with E-state index in [1.807, 2.05) is 54.1 Å².